The maximum Gasteiger partial charge on any atom is 0.328 e. The van der Waals surface area contributed by atoms with E-state index in [2.05, 4.69) is 17.0 Å². The Bertz CT molecular complexity index is 483. The van der Waals surface area contributed by atoms with Gasteiger partial charge in [-0.15, -0.1) is 0 Å². The Labute approximate surface area is 132 Å². The zero-order valence-corrected chi connectivity index (χ0v) is 14.2. The zero-order chi connectivity index (χ0) is 16.8. The lowest BCUT2D eigenvalue weighted by Crippen LogP contribution is -2.46. The molecular formula is C14H26N2O5S. The maximum atomic E-state index is 12.0. The van der Waals surface area contributed by atoms with Crippen molar-refractivity contribution >= 4 is 21.9 Å². The Morgan fingerprint density at radius 1 is 1.23 bits per heavy atom. The molecule has 7 nitrogen and oxygen atoms in total. The number of carbonyl (C=O) groups excluding carboxylic acids is 2. The van der Waals surface area contributed by atoms with Crippen LogP contribution in [-0.2, 0) is 24.3 Å². The average Bonchev–Trinajstić information content (AvgIpc) is 2.40. The Kier molecular flexibility index (Phi) is 7.28. The van der Waals surface area contributed by atoms with Crippen molar-refractivity contribution in [1.82, 2.24) is 10.0 Å². The van der Waals surface area contributed by atoms with Gasteiger partial charge in [0.15, 0.2) is 0 Å². The molecule has 0 aromatic heterocycles. The minimum atomic E-state index is -3.70. The van der Waals surface area contributed by atoms with Crippen molar-refractivity contribution in [3.63, 3.8) is 0 Å². The molecule has 1 fully saturated rings. The normalized spacial score (nSPS) is 23.6. The SMILES string of the molecule is CCOC(=O)[C@@H](C)NC(=O)CS(=O)(=O)NC1CCC(C)CC1. The van der Waals surface area contributed by atoms with Crippen molar-refractivity contribution in [3.8, 4) is 0 Å². The molecule has 2 N–H and O–H groups in total. The number of amides is 1. The Balaban J connectivity index is 2.43. The molecule has 0 aromatic rings. The van der Waals surface area contributed by atoms with Crippen LogP contribution < -0.4 is 10.0 Å². The van der Waals surface area contributed by atoms with Gasteiger partial charge in [0.05, 0.1) is 6.61 Å². The number of sulfonamides is 1. The summed E-state index contributed by atoms with van der Waals surface area (Å²) >= 11 is 0. The second-order valence-corrected chi connectivity index (χ2v) is 7.63. The van der Waals surface area contributed by atoms with E-state index in [4.69, 9.17) is 4.74 Å². The summed E-state index contributed by atoms with van der Waals surface area (Å²) in [5.41, 5.74) is 0. The summed E-state index contributed by atoms with van der Waals surface area (Å²) < 4.78 is 31.3. The third-order valence-corrected chi connectivity index (χ3v) is 5.04. The van der Waals surface area contributed by atoms with Gasteiger partial charge in [-0.2, -0.15) is 0 Å². The molecule has 0 spiro atoms. The minimum Gasteiger partial charge on any atom is -0.464 e. The fourth-order valence-electron chi connectivity index (χ4n) is 2.46. The fraction of sp³-hybridized carbons (Fsp3) is 0.857. The molecule has 128 valence electrons. The van der Waals surface area contributed by atoms with Gasteiger partial charge in [0.2, 0.25) is 15.9 Å². The highest BCUT2D eigenvalue weighted by molar-refractivity contribution is 7.90. The summed E-state index contributed by atoms with van der Waals surface area (Å²) in [6.07, 6.45) is 3.56. The van der Waals surface area contributed by atoms with Crippen molar-refractivity contribution in [1.29, 1.82) is 0 Å². The van der Waals surface area contributed by atoms with Crippen LogP contribution in [0.2, 0.25) is 0 Å². The minimum absolute atomic E-state index is 0.100. The Morgan fingerprint density at radius 2 is 1.82 bits per heavy atom. The number of esters is 1. The summed E-state index contributed by atoms with van der Waals surface area (Å²) in [5.74, 6) is -1.35. The van der Waals surface area contributed by atoms with Crippen molar-refractivity contribution < 1.29 is 22.7 Å². The number of ether oxygens (including phenoxy) is 1. The number of nitrogens with one attached hydrogen (secondary N) is 2. The summed E-state index contributed by atoms with van der Waals surface area (Å²) in [6, 6.07) is -0.963. The lowest BCUT2D eigenvalue weighted by molar-refractivity contribution is -0.146. The van der Waals surface area contributed by atoms with Gasteiger partial charge in [0.25, 0.3) is 0 Å². The van der Waals surface area contributed by atoms with Crippen LogP contribution in [0, 0.1) is 5.92 Å². The summed E-state index contributed by atoms with van der Waals surface area (Å²) in [4.78, 5) is 23.1. The topological polar surface area (TPSA) is 102 Å². The monoisotopic (exact) mass is 334 g/mol. The molecule has 1 aliphatic rings. The molecule has 0 radical (unpaired) electrons. The fourth-order valence-corrected chi connectivity index (χ4v) is 3.71. The summed E-state index contributed by atoms with van der Waals surface area (Å²) in [7, 11) is -3.70. The molecule has 0 bridgehead atoms. The van der Waals surface area contributed by atoms with E-state index in [1.807, 2.05) is 0 Å². The van der Waals surface area contributed by atoms with Gasteiger partial charge < -0.3 is 10.1 Å². The smallest absolute Gasteiger partial charge is 0.328 e. The Morgan fingerprint density at radius 3 is 2.36 bits per heavy atom. The molecule has 1 atom stereocenters. The van der Waals surface area contributed by atoms with Gasteiger partial charge in [0.1, 0.15) is 11.8 Å². The molecular weight excluding hydrogens is 308 g/mol. The number of rotatable bonds is 7. The van der Waals surface area contributed by atoms with Crippen LogP contribution in [0.1, 0.15) is 46.5 Å². The molecule has 0 saturated heterocycles. The molecule has 0 aliphatic heterocycles. The van der Waals surface area contributed by atoms with E-state index in [0.29, 0.717) is 5.92 Å². The van der Waals surface area contributed by atoms with Gasteiger partial charge >= 0.3 is 5.97 Å². The van der Waals surface area contributed by atoms with Gasteiger partial charge in [0, 0.05) is 6.04 Å². The molecule has 0 aromatic carbocycles. The van der Waals surface area contributed by atoms with Crippen LogP contribution in [0.25, 0.3) is 0 Å². The first-order chi connectivity index (χ1) is 10.2. The summed E-state index contributed by atoms with van der Waals surface area (Å²) in [6.45, 7) is 5.47. The highest BCUT2D eigenvalue weighted by atomic mass is 32.2. The molecule has 0 unspecified atom stereocenters. The third-order valence-electron chi connectivity index (χ3n) is 3.70. The van der Waals surface area contributed by atoms with Crippen molar-refractivity contribution in [2.75, 3.05) is 12.4 Å². The standard InChI is InChI=1S/C14H26N2O5S/c1-4-21-14(18)11(3)15-13(17)9-22(19,20)16-12-7-5-10(2)6-8-12/h10-12,16H,4-9H2,1-3H3,(H,15,17)/t10?,11-,12?/m1/s1. The number of carbonyl (C=O) groups is 2. The van der Waals surface area contributed by atoms with Crippen molar-refractivity contribution in [3.05, 3.63) is 0 Å². The first kappa shape index (κ1) is 18.9. The van der Waals surface area contributed by atoms with Gasteiger partial charge in [-0.25, -0.2) is 17.9 Å². The van der Waals surface area contributed by atoms with Crippen LogP contribution >= 0.6 is 0 Å². The van der Waals surface area contributed by atoms with Gasteiger partial charge in [-0.05, 0) is 45.4 Å². The van der Waals surface area contributed by atoms with E-state index in [1.165, 1.54) is 6.92 Å². The van der Waals surface area contributed by atoms with Crippen LogP contribution in [0.4, 0.5) is 0 Å². The summed E-state index contributed by atoms with van der Waals surface area (Å²) in [5, 5.41) is 2.33. The second kappa shape index (κ2) is 8.47. The molecule has 1 rings (SSSR count). The van der Waals surface area contributed by atoms with E-state index in [9.17, 15) is 18.0 Å². The van der Waals surface area contributed by atoms with E-state index in [0.717, 1.165) is 25.7 Å². The highest BCUT2D eigenvalue weighted by Crippen LogP contribution is 2.23. The van der Waals surface area contributed by atoms with Crippen molar-refractivity contribution in [2.45, 2.75) is 58.5 Å². The van der Waals surface area contributed by atoms with Crippen LogP contribution in [0.15, 0.2) is 0 Å². The quantitative estimate of drug-likeness (QED) is 0.662. The third kappa shape index (κ3) is 6.74. The van der Waals surface area contributed by atoms with Crippen molar-refractivity contribution in [2.24, 2.45) is 5.92 Å². The average molecular weight is 334 g/mol. The second-order valence-electron chi connectivity index (χ2n) is 5.87. The lowest BCUT2D eigenvalue weighted by Gasteiger charge is -2.26. The number of hydrogen-bond acceptors (Lipinski definition) is 5. The van der Waals surface area contributed by atoms with E-state index < -0.39 is 33.7 Å². The molecule has 1 aliphatic carbocycles. The van der Waals surface area contributed by atoms with Crippen LogP contribution in [0.5, 0.6) is 0 Å². The number of hydrogen-bond donors (Lipinski definition) is 2. The molecule has 0 heterocycles. The largest absolute Gasteiger partial charge is 0.464 e. The van der Waals surface area contributed by atoms with E-state index in [-0.39, 0.29) is 12.6 Å². The van der Waals surface area contributed by atoms with Gasteiger partial charge in [-0.3, -0.25) is 4.79 Å². The molecule has 8 heteroatoms. The first-order valence-corrected chi connectivity index (χ1v) is 9.34. The van der Waals surface area contributed by atoms with Crippen LogP contribution in [0.3, 0.4) is 0 Å². The lowest BCUT2D eigenvalue weighted by atomic mass is 9.88. The Hall–Kier alpha value is -1.15. The van der Waals surface area contributed by atoms with E-state index >= 15 is 0 Å². The van der Waals surface area contributed by atoms with Crippen LogP contribution in [-0.4, -0.2) is 44.7 Å². The molecule has 1 saturated carbocycles. The molecule has 1 amide bonds. The first-order valence-electron chi connectivity index (χ1n) is 7.69. The maximum absolute atomic E-state index is 12.0. The zero-order valence-electron chi connectivity index (χ0n) is 13.4. The van der Waals surface area contributed by atoms with E-state index in [1.54, 1.807) is 6.92 Å². The highest BCUT2D eigenvalue weighted by Gasteiger charge is 2.26. The predicted molar refractivity (Wildman–Crippen MR) is 82.6 cm³/mol. The molecule has 22 heavy (non-hydrogen) atoms. The predicted octanol–water partition coefficient (Wildman–Crippen LogP) is 0.552. The van der Waals surface area contributed by atoms with Gasteiger partial charge in [-0.1, -0.05) is 6.92 Å².